The van der Waals surface area contributed by atoms with Gasteiger partial charge in [0, 0.05) is 23.9 Å². The average Bonchev–Trinajstić information content (AvgIpc) is 3.58. The van der Waals surface area contributed by atoms with Gasteiger partial charge in [0.25, 0.3) is 11.5 Å². The first-order valence-electron chi connectivity index (χ1n) is 13.7. The molecule has 5 aromatic rings. The summed E-state index contributed by atoms with van der Waals surface area (Å²) in [6.45, 7) is 2.20. The van der Waals surface area contributed by atoms with Crippen molar-refractivity contribution >= 4 is 28.7 Å². The fourth-order valence-electron chi connectivity index (χ4n) is 4.80. The number of benzene rings is 3. The molecule has 13 heteroatoms. The van der Waals surface area contributed by atoms with Gasteiger partial charge in [0.15, 0.2) is 5.65 Å². The zero-order valence-electron chi connectivity index (χ0n) is 24.0. The molecule has 1 N–H and O–H groups in total. The Balaban J connectivity index is 1.34. The maximum atomic E-state index is 13.6. The van der Waals surface area contributed by atoms with Gasteiger partial charge in [-0.25, -0.2) is 9.97 Å². The van der Waals surface area contributed by atoms with E-state index in [0.717, 1.165) is 17.7 Å². The molecule has 0 saturated carbocycles. The lowest BCUT2D eigenvalue weighted by atomic mass is 10.0. The number of ether oxygens (including phenoxy) is 2. The number of hydrogen-bond acceptors (Lipinski definition) is 8. The van der Waals surface area contributed by atoms with Gasteiger partial charge in [0.2, 0.25) is 18.6 Å². The van der Waals surface area contributed by atoms with Gasteiger partial charge in [0.1, 0.15) is 17.5 Å². The third-order valence-corrected chi connectivity index (χ3v) is 7.15. The van der Waals surface area contributed by atoms with E-state index in [1.807, 2.05) is 30.3 Å². The van der Waals surface area contributed by atoms with E-state index in [1.54, 1.807) is 37.1 Å². The number of nitrogens with zero attached hydrogens (tertiary/aromatic N) is 5. The molecule has 6 rings (SSSR count). The van der Waals surface area contributed by atoms with Crippen molar-refractivity contribution in [2.24, 2.45) is 7.05 Å². The second kappa shape index (κ2) is 11.8. The highest BCUT2D eigenvalue weighted by molar-refractivity contribution is 6.04. The highest BCUT2D eigenvalue weighted by Gasteiger charge is 2.31. The van der Waals surface area contributed by atoms with Gasteiger partial charge in [-0.3, -0.25) is 19.1 Å². The zero-order valence-corrected chi connectivity index (χ0v) is 24.0. The van der Waals surface area contributed by atoms with Crippen molar-refractivity contribution in [2.45, 2.75) is 19.6 Å². The standard InChI is InChI=1S/C32H25F3N6O4/c1-19-11-12-23(37-29(42)21-9-6-10-22(13-21)32(33,34)35)14-24(19)27-30(43)40(2)28-25(38-27)15-36-31(39-28)41(26-17-44-18-45-26)16-20-7-4-3-5-8-20/h3-15,17H,16,18H2,1-2H3,(H,37,42). The van der Waals surface area contributed by atoms with Gasteiger partial charge < -0.3 is 14.8 Å². The van der Waals surface area contributed by atoms with Crippen molar-refractivity contribution in [2.75, 3.05) is 17.0 Å². The number of hydrogen-bond donors (Lipinski definition) is 1. The van der Waals surface area contributed by atoms with E-state index in [-0.39, 0.29) is 35.3 Å². The van der Waals surface area contributed by atoms with Crippen LogP contribution in [-0.2, 0) is 29.2 Å². The van der Waals surface area contributed by atoms with E-state index in [2.05, 4.69) is 20.3 Å². The van der Waals surface area contributed by atoms with Crippen molar-refractivity contribution in [1.82, 2.24) is 19.5 Å². The molecule has 0 radical (unpaired) electrons. The summed E-state index contributed by atoms with van der Waals surface area (Å²) in [6, 6.07) is 18.6. The number of amides is 1. The summed E-state index contributed by atoms with van der Waals surface area (Å²) >= 11 is 0. The highest BCUT2D eigenvalue weighted by atomic mass is 19.4. The number of halogens is 3. The maximum Gasteiger partial charge on any atom is 0.416 e. The van der Waals surface area contributed by atoms with Crippen molar-refractivity contribution in [1.29, 1.82) is 0 Å². The van der Waals surface area contributed by atoms with E-state index < -0.39 is 23.2 Å². The molecule has 0 spiro atoms. The summed E-state index contributed by atoms with van der Waals surface area (Å²) in [6.07, 6.45) is -1.61. The molecule has 0 aliphatic carbocycles. The van der Waals surface area contributed by atoms with Gasteiger partial charge in [-0.1, -0.05) is 42.5 Å². The number of aryl methyl sites for hydroxylation is 2. The predicted molar refractivity (Wildman–Crippen MR) is 160 cm³/mol. The Morgan fingerprint density at radius 2 is 1.84 bits per heavy atom. The smallest absolute Gasteiger partial charge is 0.416 e. The van der Waals surface area contributed by atoms with Gasteiger partial charge in [-0.2, -0.15) is 18.2 Å². The van der Waals surface area contributed by atoms with Crippen LogP contribution in [0.3, 0.4) is 0 Å². The van der Waals surface area contributed by atoms with Gasteiger partial charge >= 0.3 is 6.18 Å². The van der Waals surface area contributed by atoms with Crippen LogP contribution < -0.4 is 15.8 Å². The van der Waals surface area contributed by atoms with Crippen LogP contribution in [0.15, 0.2) is 95.9 Å². The number of carbonyl (C=O) groups is 1. The number of anilines is 2. The molecule has 0 fully saturated rings. The number of rotatable bonds is 7. The molecule has 1 amide bonds. The number of fused-ring (bicyclic) bond motifs is 1. The second-order valence-corrected chi connectivity index (χ2v) is 10.2. The van der Waals surface area contributed by atoms with Gasteiger partial charge in [-0.05, 0) is 48.4 Å². The molecule has 228 valence electrons. The Hall–Kier alpha value is -5.72. The van der Waals surface area contributed by atoms with Crippen LogP contribution in [0.1, 0.15) is 27.0 Å². The monoisotopic (exact) mass is 614 g/mol. The second-order valence-electron chi connectivity index (χ2n) is 10.2. The molecular formula is C32H25F3N6O4. The zero-order chi connectivity index (χ0) is 31.7. The fraction of sp³-hybridized carbons (Fsp3) is 0.156. The summed E-state index contributed by atoms with van der Waals surface area (Å²) in [4.78, 5) is 41.9. The van der Waals surface area contributed by atoms with Crippen molar-refractivity contribution in [3.8, 4) is 11.3 Å². The predicted octanol–water partition coefficient (Wildman–Crippen LogP) is 5.78. The number of aromatic nitrogens is 4. The molecule has 1 aliphatic rings. The molecule has 10 nitrogen and oxygen atoms in total. The third kappa shape index (κ3) is 6.05. The quantitative estimate of drug-likeness (QED) is 0.246. The Morgan fingerprint density at radius 3 is 2.58 bits per heavy atom. The van der Waals surface area contributed by atoms with Crippen molar-refractivity contribution < 1.29 is 27.4 Å². The van der Waals surface area contributed by atoms with Crippen molar-refractivity contribution in [3.05, 3.63) is 124 Å². The Labute approximate surface area is 254 Å². The summed E-state index contributed by atoms with van der Waals surface area (Å²) in [7, 11) is 1.57. The molecule has 3 heterocycles. The number of alkyl halides is 3. The topological polar surface area (TPSA) is 111 Å². The van der Waals surface area contributed by atoms with Gasteiger partial charge in [-0.15, -0.1) is 0 Å². The maximum absolute atomic E-state index is 13.6. The lowest BCUT2D eigenvalue weighted by Crippen LogP contribution is -2.26. The molecule has 3 aromatic carbocycles. The van der Waals surface area contributed by atoms with Crippen molar-refractivity contribution in [3.63, 3.8) is 0 Å². The SMILES string of the molecule is Cc1ccc(NC(=O)c2cccc(C(F)(F)F)c2)cc1-c1nc2cnc(N(Cc3ccccc3)C3=COCO3)nc2n(C)c1=O. The Morgan fingerprint density at radius 1 is 1.04 bits per heavy atom. The van der Waals surface area contributed by atoms with Crippen LogP contribution in [0.2, 0.25) is 0 Å². The largest absolute Gasteiger partial charge is 0.459 e. The van der Waals surface area contributed by atoms with E-state index in [9.17, 15) is 22.8 Å². The molecule has 1 aliphatic heterocycles. The first-order chi connectivity index (χ1) is 21.6. The normalized spacial score (nSPS) is 12.8. The van der Waals surface area contributed by atoms with Crippen LogP contribution in [0.4, 0.5) is 24.8 Å². The van der Waals surface area contributed by atoms with E-state index in [4.69, 9.17) is 9.47 Å². The lowest BCUT2D eigenvalue weighted by Gasteiger charge is -2.22. The van der Waals surface area contributed by atoms with Crippen LogP contribution >= 0.6 is 0 Å². The molecule has 2 aromatic heterocycles. The van der Waals surface area contributed by atoms with Crippen LogP contribution in [0.5, 0.6) is 0 Å². The first kappa shape index (κ1) is 29.4. The minimum atomic E-state index is -4.59. The lowest BCUT2D eigenvalue weighted by molar-refractivity contribution is -0.137. The molecule has 0 saturated heterocycles. The summed E-state index contributed by atoms with van der Waals surface area (Å²) in [5, 5.41) is 2.61. The van der Waals surface area contributed by atoms with E-state index >= 15 is 0 Å². The van der Waals surface area contributed by atoms with Crippen LogP contribution in [0.25, 0.3) is 22.4 Å². The summed E-state index contributed by atoms with van der Waals surface area (Å²) in [5.74, 6) is -0.0569. The van der Waals surface area contributed by atoms with Gasteiger partial charge in [0.05, 0.1) is 18.3 Å². The molecule has 0 unspecified atom stereocenters. The molecule has 0 bridgehead atoms. The fourth-order valence-corrected chi connectivity index (χ4v) is 4.80. The molecule has 0 atom stereocenters. The summed E-state index contributed by atoms with van der Waals surface area (Å²) in [5.41, 5.74) is 1.51. The third-order valence-electron chi connectivity index (χ3n) is 7.15. The Bertz CT molecular complexity index is 2010. The summed E-state index contributed by atoms with van der Waals surface area (Å²) < 4.78 is 51.7. The van der Waals surface area contributed by atoms with Crippen LogP contribution in [0, 0.1) is 6.92 Å². The minimum absolute atomic E-state index is 0.0520. The van der Waals surface area contributed by atoms with Crippen LogP contribution in [-0.4, -0.2) is 32.2 Å². The van der Waals surface area contributed by atoms with E-state index in [1.165, 1.54) is 29.2 Å². The average molecular weight is 615 g/mol. The molecule has 45 heavy (non-hydrogen) atoms. The minimum Gasteiger partial charge on any atom is -0.459 e. The molecular weight excluding hydrogens is 589 g/mol. The number of carbonyl (C=O) groups excluding carboxylic acids is 1. The van der Waals surface area contributed by atoms with E-state index in [0.29, 0.717) is 29.1 Å². The Kier molecular flexibility index (Phi) is 7.67. The highest BCUT2D eigenvalue weighted by Crippen LogP contribution is 2.30. The number of nitrogens with one attached hydrogen (secondary N) is 1. The first-order valence-corrected chi connectivity index (χ1v) is 13.7.